The van der Waals surface area contributed by atoms with E-state index in [0.29, 0.717) is 68.4 Å². The van der Waals surface area contributed by atoms with E-state index in [4.69, 9.17) is 30.3 Å². The maximum Gasteiger partial charge on any atom is 0.269 e. The number of halogens is 3. The molecule has 27 heteroatoms. The molecule has 18 aliphatic carbocycles. The Labute approximate surface area is 897 Å². The van der Waals surface area contributed by atoms with Gasteiger partial charge < -0.3 is 17.2 Å². The lowest BCUT2D eigenvalue weighted by molar-refractivity contribution is -0.385. The average Bonchev–Trinajstić information content (AvgIpc) is 0.715. The number of hydrogen-bond acceptors (Lipinski definition) is 16. The summed E-state index contributed by atoms with van der Waals surface area (Å²) in [6.45, 7) is 14.7. The van der Waals surface area contributed by atoms with Gasteiger partial charge in [0.1, 0.15) is 0 Å². The van der Waals surface area contributed by atoms with Crippen LogP contribution < -0.4 is 17.2 Å². The molecule has 0 heterocycles. The van der Waals surface area contributed by atoms with Crippen LogP contribution >= 0.6 is 67.8 Å². The third kappa shape index (κ3) is 14.8. The first-order valence-electron chi connectivity index (χ1n) is 48.3. The van der Waals surface area contributed by atoms with Gasteiger partial charge in [-0.15, -0.1) is 0 Å². The van der Waals surface area contributed by atoms with E-state index in [2.05, 4.69) is 266 Å². The van der Waals surface area contributed by atoms with Crippen LogP contribution in [-0.2, 0) is 0 Å². The quantitative estimate of drug-likeness (QED) is 0.0458. The number of nitrogens with zero attached hydrogens (tertiary/aromatic N) is 9. The van der Waals surface area contributed by atoms with Crippen LogP contribution in [-0.4, -0.2) is 29.5 Å². The van der Waals surface area contributed by atoms with Crippen LogP contribution in [0.2, 0.25) is 0 Å². The van der Waals surface area contributed by atoms with Crippen molar-refractivity contribution in [1.82, 2.24) is 0 Å². The minimum absolute atomic E-state index is 0.0308. The molecule has 0 aromatic heterocycles. The third-order valence-corrected chi connectivity index (χ3v) is 34.0. The van der Waals surface area contributed by atoms with E-state index >= 15 is 0 Å². The topological polar surface area (TPSA) is 369 Å². The second-order valence-corrected chi connectivity index (χ2v) is 43.0. The highest BCUT2D eigenvalue weighted by atomic mass is 127. The number of nitrogen functional groups attached to an aromatic ring is 3. The van der Waals surface area contributed by atoms with E-state index in [1.54, 1.807) is 36.4 Å². The largest absolute Gasteiger partial charge is 0.399 e. The summed E-state index contributed by atoms with van der Waals surface area (Å²) in [5, 5.41) is 77.1. The summed E-state index contributed by atoms with van der Waals surface area (Å²) in [4.78, 5) is 72.0. The summed E-state index contributed by atoms with van der Waals surface area (Å²) in [6, 6.07) is 114. The van der Waals surface area contributed by atoms with Crippen LogP contribution in [0.1, 0.15) is 277 Å². The Balaban J connectivity index is 0.0000000935. The molecule has 0 unspecified atom stereocenters. The number of anilines is 3. The Hall–Kier alpha value is -17.6. The normalized spacial score (nSPS) is 18.9. The van der Waals surface area contributed by atoms with Gasteiger partial charge in [-0.05, 0) is 353 Å². The Morgan fingerprint density at radius 1 is 0.207 bits per heavy atom. The number of rotatable bonds is 6. The number of nitro benzene ring substituents is 6. The van der Waals surface area contributed by atoms with Gasteiger partial charge in [0.15, 0.2) is 11.4 Å². The number of hydrogen-bond donors (Lipinski definition) is 3. The maximum atomic E-state index is 11.3. The van der Waals surface area contributed by atoms with Crippen molar-refractivity contribution in [1.29, 1.82) is 5.26 Å². The number of non-ortho nitro benzene ring substituents is 6. The molecule has 0 aliphatic heterocycles. The van der Waals surface area contributed by atoms with E-state index in [0.717, 1.165) is 72.7 Å². The fraction of sp³-hybridized carbons (Fsp3) is 0.0976. The van der Waals surface area contributed by atoms with Crippen molar-refractivity contribution in [2.24, 2.45) is 0 Å². The molecule has 18 aromatic carbocycles. The van der Waals surface area contributed by atoms with Gasteiger partial charge in [0.2, 0.25) is 0 Å². The molecule has 0 atom stereocenters. The molecule has 36 rings (SSSR count). The predicted molar refractivity (Wildman–Crippen MR) is 596 cm³/mol. The Kier molecular flexibility index (Phi) is 22.4. The van der Waals surface area contributed by atoms with Crippen molar-refractivity contribution in [3.8, 4) is 6.07 Å². The highest BCUT2D eigenvalue weighted by molar-refractivity contribution is 14.1. The van der Waals surface area contributed by atoms with Crippen molar-refractivity contribution in [2.75, 3.05) is 17.2 Å². The van der Waals surface area contributed by atoms with E-state index in [9.17, 15) is 65.9 Å². The third-order valence-electron chi connectivity index (χ3n) is 32.0. The average molecular weight is 2290 g/mol. The molecular formula is C123H75I3N12O12. The smallest absolute Gasteiger partial charge is 0.269 e. The molecule has 0 spiro atoms. The van der Waals surface area contributed by atoms with Crippen LogP contribution in [0.4, 0.5) is 62.6 Å². The molecule has 0 saturated carbocycles. The van der Waals surface area contributed by atoms with Crippen molar-refractivity contribution in [2.45, 2.75) is 71.0 Å². The van der Waals surface area contributed by atoms with Crippen LogP contribution in [0, 0.1) is 95.9 Å². The van der Waals surface area contributed by atoms with E-state index in [1.165, 1.54) is 200 Å². The number of nitriles is 1. The summed E-state index contributed by atoms with van der Waals surface area (Å²) in [7, 11) is 0. The molecular weight excluding hydrogens is 2220 g/mol. The zero-order valence-electron chi connectivity index (χ0n) is 78.6. The van der Waals surface area contributed by atoms with Crippen molar-refractivity contribution in [3.63, 3.8) is 0 Å². The minimum atomic E-state index is -0.542. The second kappa shape index (κ2) is 35.9. The summed E-state index contributed by atoms with van der Waals surface area (Å²) < 4.78 is 3.98. The van der Waals surface area contributed by atoms with Crippen LogP contribution in [0.5, 0.6) is 0 Å². The fourth-order valence-corrected chi connectivity index (χ4v) is 27.8. The minimum Gasteiger partial charge on any atom is -0.399 e. The van der Waals surface area contributed by atoms with Crippen LogP contribution in [0.25, 0.3) is 9.69 Å². The zero-order valence-corrected chi connectivity index (χ0v) is 85.1. The molecule has 18 aliphatic rings. The van der Waals surface area contributed by atoms with E-state index < -0.39 is 41.4 Å². The summed E-state index contributed by atoms with van der Waals surface area (Å²) in [6.07, 6.45) is 0. The zero-order chi connectivity index (χ0) is 103. The molecule has 150 heavy (non-hydrogen) atoms. The molecule has 720 valence electrons. The molecule has 12 bridgehead atoms. The lowest BCUT2D eigenvalue weighted by Gasteiger charge is -2.42. The Morgan fingerprint density at radius 2 is 0.367 bits per heavy atom. The Bertz CT molecular complexity index is 8320. The summed E-state index contributed by atoms with van der Waals surface area (Å²) >= 11 is 7.31. The standard InChI is InChI=1S/C23H11N3.C20H11I3.2C20H11N3O6.C20H17N3.C20H14/c1-25-14-4-7-17-20(10-14)23-19-9-13(12-24)3-6-16(19)22(17)18-8-5-15(26-2)11-21(18)23;21-10-1-4-13-16(7-10)20-17-8-11(22)2-5-14(17)19(13)15-6-3-12(23)9-18(15)20;24-21(25)10-3-6-15-16(7-10)19-13-4-1-11(22(26)27)8-17(13)20(15)18-9-12(23(28)29)2-5-14(18)19;24-21(25)10-1-4-13-16(7-10)20-17-8-11(22(26)27)2-5-14(17)19(13)15-6-3-12(23(28)29)9-18(15)20;21-10-1-4-13-16(7-10)20-17-8-11(22)2-5-14(17)19(13)15-6-3-12(23)9-18(15)20;1-2-8-14-13(7-1)19-15-9-3-5-11-17(15)20(14)18-12-6-4-10-16(18)19/h3-11,22-23H;1-9,19-20H;2*1-9,19-20H;1-9,19-20H,21-23H2;1-12,19-20H. The second-order valence-electron chi connectivity index (χ2n) is 39.3. The Morgan fingerprint density at radius 3 is 0.587 bits per heavy atom. The lowest BCUT2D eigenvalue weighted by atomic mass is 9.61. The van der Waals surface area contributed by atoms with Gasteiger partial charge in [-0.2, -0.15) is 5.26 Å². The van der Waals surface area contributed by atoms with Crippen molar-refractivity contribution in [3.05, 3.63) is 646 Å². The highest BCUT2D eigenvalue weighted by Gasteiger charge is 2.50. The van der Waals surface area contributed by atoms with Gasteiger partial charge in [-0.25, -0.2) is 9.69 Å². The van der Waals surface area contributed by atoms with Gasteiger partial charge in [0, 0.05) is 172 Å². The SMILES string of the molecule is Ic1ccc2c(c1)C1c3cc(I)ccc3C2c2ccc(I)cc21.Nc1ccc2c(c1)C1c3cc(N)ccc3C2c2ccc(N)cc21.O=[N+]([O-])c1ccc2c(c1)C1c3cc([N+](=O)[O-])ccc3C2c2ccc([N+](=O)[O-])cc21.O=[N+]([O-])c1ccc2c(c1)C1c3ccc([N+](=O)[O-])cc3C2c2cc([N+](=O)[O-])ccc21.[C-]#[N+]c1ccc2c(c1)C1c3cc(C#N)ccc3C2c2ccc([N+]#[C-])cc21.c1ccc2c(c1)C1c3ccccc3C2c2ccccc21. The first-order chi connectivity index (χ1) is 72.7. The lowest BCUT2D eigenvalue weighted by Crippen LogP contribution is -2.27. The molecule has 0 radical (unpaired) electrons. The first kappa shape index (κ1) is 93.5. The van der Waals surface area contributed by atoms with E-state index in [1.807, 2.05) is 54.6 Å². The highest BCUT2D eigenvalue weighted by Crippen LogP contribution is 2.65. The molecule has 6 N–H and O–H groups in total. The molecule has 18 aromatic rings. The van der Waals surface area contributed by atoms with Gasteiger partial charge in [-0.1, -0.05) is 188 Å². The van der Waals surface area contributed by atoms with Crippen LogP contribution in [0.3, 0.4) is 0 Å². The first-order valence-corrected chi connectivity index (χ1v) is 51.5. The van der Waals surface area contributed by atoms with E-state index in [-0.39, 0.29) is 69.6 Å². The van der Waals surface area contributed by atoms with Gasteiger partial charge >= 0.3 is 0 Å². The molecule has 24 nitrogen and oxygen atoms in total. The van der Waals surface area contributed by atoms with Gasteiger partial charge in [-0.3, -0.25) is 60.7 Å². The molecule has 0 saturated heterocycles. The summed E-state index contributed by atoms with van der Waals surface area (Å²) in [5.74, 6) is 0.419. The number of nitro groups is 6. The van der Waals surface area contributed by atoms with Gasteiger partial charge in [0.25, 0.3) is 34.1 Å². The molecule has 0 amide bonds. The van der Waals surface area contributed by atoms with Crippen LogP contribution in [0.15, 0.2) is 346 Å². The van der Waals surface area contributed by atoms with Crippen molar-refractivity contribution >= 4 is 130 Å². The molecule has 0 fully saturated rings. The number of nitrogens with two attached hydrogens (primary N) is 3. The monoisotopic (exact) mass is 2290 g/mol. The summed E-state index contributed by atoms with van der Waals surface area (Å²) in [5.41, 5.74) is 64.2. The fourth-order valence-electron chi connectivity index (χ4n) is 26.2. The number of benzene rings is 18. The van der Waals surface area contributed by atoms with Gasteiger partial charge in [0.05, 0.1) is 54.3 Å². The predicted octanol–water partition coefficient (Wildman–Crippen LogP) is 29.0. The maximum absolute atomic E-state index is 11.3. The van der Waals surface area contributed by atoms with Crippen molar-refractivity contribution < 1.29 is 29.5 Å².